The molecule has 6 nitrogen and oxygen atoms in total. The monoisotopic (exact) mass is 391 g/mol. The van der Waals surface area contributed by atoms with E-state index in [0.29, 0.717) is 17.1 Å². The van der Waals surface area contributed by atoms with Gasteiger partial charge in [-0.2, -0.15) is 0 Å². The highest BCUT2D eigenvalue weighted by atomic mass is 19.1. The van der Waals surface area contributed by atoms with Gasteiger partial charge in [-0.1, -0.05) is 42.5 Å². The maximum absolute atomic E-state index is 13.1. The van der Waals surface area contributed by atoms with Crippen molar-refractivity contribution in [3.63, 3.8) is 0 Å². The SMILES string of the molecule is O=C(CN1C(=O)C(c2ccccc2)Oc2cccnc21)NCc1ccc(F)cc1. The summed E-state index contributed by atoms with van der Waals surface area (Å²) in [6.45, 7) is 0.0333. The van der Waals surface area contributed by atoms with Gasteiger partial charge >= 0.3 is 0 Å². The summed E-state index contributed by atoms with van der Waals surface area (Å²) in [5.41, 5.74) is 1.46. The summed E-state index contributed by atoms with van der Waals surface area (Å²) in [5.74, 6) is -0.310. The predicted octanol–water partition coefficient (Wildman–Crippen LogP) is 3.00. The third-order valence-corrected chi connectivity index (χ3v) is 4.55. The van der Waals surface area contributed by atoms with Crippen molar-refractivity contribution in [1.82, 2.24) is 10.3 Å². The molecule has 1 aliphatic heterocycles. The van der Waals surface area contributed by atoms with Crippen molar-refractivity contribution < 1.29 is 18.7 Å². The highest BCUT2D eigenvalue weighted by molar-refractivity contribution is 6.03. The quantitative estimate of drug-likeness (QED) is 0.726. The molecule has 4 rings (SSSR count). The first-order valence-corrected chi connectivity index (χ1v) is 9.11. The second kappa shape index (κ2) is 8.10. The summed E-state index contributed by atoms with van der Waals surface area (Å²) in [4.78, 5) is 31.1. The van der Waals surface area contributed by atoms with Crippen LogP contribution in [0.2, 0.25) is 0 Å². The van der Waals surface area contributed by atoms with E-state index in [2.05, 4.69) is 10.3 Å². The molecule has 146 valence electrons. The first kappa shape index (κ1) is 18.6. The number of hydrogen-bond acceptors (Lipinski definition) is 4. The molecule has 1 unspecified atom stereocenters. The van der Waals surface area contributed by atoms with Crippen molar-refractivity contribution >= 4 is 17.6 Å². The summed E-state index contributed by atoms with van der Waals surface area (Å²) in [7, 11) is 0. The van der Waals surface area contributed by atoms with Crippen molar-refractivity contribution in [3.8, 4) is 5.75 Å². The van der Waals surface area contributed by atoms with Gasteiger partial charge in [-0.15, -0.1) is 0 Å². The molecule has 0 fully saturated rings. The number of anilines is 1. The molecule has 1 aliphatic rings. The largest absolute Gasteiger partial charge is 0.472 e. The molecule has 0 saturated heterocycles. The second-order valence-electron chi connectivity index (χ2n) is 6.56. The molecule has 2 amide bonds. The summed E-state index contributed by atoms with van der Waals surface area (Å²) in [6.07, 6.45) is 0.694. The first-order valence-electron chi connectivity index (χ1n) is 9.11. The lowest BCUT2D eigenvalue weighted by atomic mass is 10.1. The number of pyridine rings is 1. The third-order valence-electron chi connectivity index (χ3n) is 4.55. The Labute approximate surface area is 166 Å². The van der Waals surface area contributed by atoms with E-state index < -0.39 is 6.10 Å². The van der Waals surface area contributed by atoms with Crippen LogP contribution in [0.5, 0.6) is 5.75 Å². The number of rotatable bonds is 5. The van der Waals surface area contributed by atoms with Crippen LogP contribution in [0.4, 0.5) is 10.2 Å². The number of nitrogens with one attached hydrogen (secondary N) is 1. The van der Waals surface area contributed by atoms with Gasteiger partial charge in [0.15, 0.2) is 11.6 Å². The number of fused-ring (bicyclic) bond motifs is 1. The van der Waals surface area contributed by atoms with Crippen LogP contribution >= 0.6 is 0 Å². The highest BCUT2D eigenvalue weighted by Crippen LogP contribution is 2.36. The zero-order chi connectivity index (χ0) is 20.2. The van der Waals surface area contributed by atoms with Gasteiger partial charge in [-0.05, 0) is 29.8 Å². The molecule has 0 radical (unpaired) electrons. The first-order chi connectivity index (χ1) is 14.1. The maximum Gasteiger partial charge on any atom is 0.274 e. The molecule has 3 aromatic rings. The van der Waals surface area contributed by atoms with E-state index in [9.17, 15) is 14.0 Å². The number of carbonyl (C=O) groups excluding carboxylic acids is 2. The van der Waals surface area contributed by atoms with Crippen LogP contribution in [0, 0.1) is 5.82 Å². The topological polar surface area (TPSA) is 71.5 Å². The van der Waals surface area contributed by atoms with Gasteiger partial charge in [0.05, 0.1) is 0 Å². The highest BCUT2D eigenvalue weighted by Gasteiger charge is 2.37. The number of nitrogens with zero attached hydrogens (tertiary/aromatic N) is 2. The van der Waals surface area contributed by atoms with Crippen molar-refractivity contribution in [1.29, 1.82) is 0 Å². The van der Waals surface area contributed by atoms with E-state index in [0.717, 1.165) is 5.56 Å². The lowest BCUT2D eigenvalue weighted by Gasteiger charge is -2.33. The Morgan fingerprint density at radius 2 is 1.83 bits per heavy atom. The lowest BCUT2D eigenvalue weighted by molar-refractivity contribution is -0.129. The van der Waals surface area contributed by atoms with Gasteiger partial charge in [0.25, 0.3) is 5.91 Å². The standard InChI is InChI=1S/C22H18FN3O3/c23-17-10-8-15(9-11-17)13-25-19(27)14-26-21-18(7-4-12-24-21)29-20(22(26)28)16-5-2-1-3-6-16/h1-12,20H,13-14H2,(H,25,27). The van der Waals surface area contributed by atoms with Gasteiger partial charge in [0.2, 0.25) is 12.0 Å². The van der Waals surface area contributed by atoms with Crippen molar-refractivity contribution in [2.24, 2.45) is 0 Å². The minimum atomic E-state index is -0.849. The Kier molecular flexibility index (Phi) is 5.20. The number of carbonyl (C=O) groups is 2. The Hall–Kier alpha value is -3.74. The van der Waals surface area contributed by atoms with E-state index >= 15 is 0 Å². The average molecular weight is 391 g/mol. The van der Waals surface area contributed by atoms with Crippen LogP contribution in [0.3, 0.4) is 0 Å². The summed E-state index contributed by atoms with van der Waals surface area (Å²) < 4.78 is 18.9. The normalized spacial score (nSPS) is 15.4. The fraction of sp³-hybridized carbons (Fsp3) is 0.136. The van der Waals surface area contributed by atoms with E-state index in [1.54, 1.807) is 42.6 Å². The Morgan fingerprint density at radius 3 is 2.59 bits per heavy atom. The number of ether oxygens (including phenoxy) is 1. The lowest BCUT2D eigenvalue weighted by Crippen LogP contribution is -2.46. The van der Waals surface area contributed by atoms with Crippen LogP contribution in [0.1, 0.15) is 17.2 Å². The second-order valence-corrected chi connectivity index (χ2v) is 6.56. The predicted molar refractivity (Wildman–Crippen MR) is 105 cm³/mol. The molecule has 0 saturated carbocycles. The van der Waals surface area contributed by atoms with Crippen LogP contribution in [0.25, 0.3) is 0 Å². The fourth-order valence-electron chi connectivity index (χ4n) is 3.09. The number of halogens is 1. The number of benzene rings is 2. The molecule has 29 heavy (non-hydrogen) atoms. The average Bonchev–Trinajstić information content (AvgIpc) is 2.76. The molecule has 1 N–H and O–H groups in total. The number of aromatic nitrogens is 1. The van der Waals surface area contributed by atoms with E-state index in [1.807, 2.05) is 18.2 Å². The maximum atomic E-state index is 13.1. The van der Waals surface area contributed by atoms with Gasteiger partial charge in [0.1, 0.15) is 12.4 Å². The number of hydrogen-bond donors (Lipinski definition) is 1. The van der Waals surface area contributed by atoms with E-state index in [1.165, 1.54) is 17.0 Å². The fourth-order valence-corrected chi connectivity index (χ4v) is 3.09. The van der Waals surface area contributed by atoms with Crippen molar-refractivity contribution in [2.75, 3.05) is 11.4 Å². The molecular formula is C22H18FN3O3. The molecule has 1 aromatic heterocycles. The van der Waals surface area contributed by atoms with Crippen LogP contribution in [0.15, 0.2) is 72.9 Å². The molecule has 2 aromatic carbocycles. The third kappa shape index (κ3) is 4.08. The smallest absolute Gasteiger partial charge is 0.274 e. The molecule has 2 heterocycles. The summed E-state index contributed by atoms with van der Waals surface area (Å²) in [6, 6.07) is 18.4. The van der Waals surface area contributed by atoms with E-state index in [-0.39, 0.29) is 30.7 Å². The van der Waals surface area contributed by atoms with Gasteiger partial charge in [-0.3, -0.25) is 14.5 Å². The van der Waals surface area contributed by atoms with Gasteiger partial charge < -0.3 is 10.1 Å². The van der Waals surface area contributed by atoms with Crippen LogP contribution in [-0.4, -0.2) is 23.3 Å². The molecule has 1 atom stereocenters. The summed E-state index contributed by atoms with van der Waals surface area (Å²) in [5, 5.41) is 2.75. The van der Waals surface area contributed by atoms with Crippen LogP contribution < -0.4 is 15.0 Å². The minimum absolute atomic E-state index is 0.198. The molecule has 7 heteroatoms. The van der Waals surface area contributed by atoms with E-state index in [4.69, 9.17) is 4.74 Å². The van der Waals surface area contributed by atoms with Gasteiger partial charge in [0, 0.05) is 18.3 Å². The zero-order valence-electron chi connectivity index (χ0n) is 15.4. The number of amides is 2. The molecule has 0 bridgehead atoms. The van der Waals surface area contributed by atoms with Crippen molar-refractivity contribution in [2.45, 2.75) is 12.6 Å². The Morgan fingerprint density at radius 1 is 1.07 bits per heavy atom. The molecular weight excluding hydrogens is 373 g/mol. The molecule has 0 spiro atoms. The van der Waals surface area contributed by atoms with Crippen molar-refractivity contribution in [3.05, 3.63) is 89.9 Å². The zero-order valence-corrected chi connectivity index (χ0v) is 15.4. The van der Waals surface area contributed by atoms with Crippen LogP contribution in [-0.2, 0) is 16.1 Å². The van der Waals surface area contributed by atoms with Gasteiger partial charge in [-0.25, -0.2) is 9.37 Å². The summed E-state index contributed by atoms with van der Waals surface area (Å²) >= 11 is 0. The molecule has 0 aliphatic carbocycles. The Balaban J connectivity index is 1.52. The minimum Gasteiger partial charge on any atom is -0.472 e. The Bertz CT molecular complexity index is 1020.